The van der Waals surface area contributed by atoms with Gasteiger partial charge >= 0.3 is 0 Å². The van der Waals surface area contributed by atoms with Gasteiger partial charge in [0.15, 0.2) is 0 Å². The Kier molecular flexibility index (Phi) is 4.91. The summed E-state index contributed by atoms with van der Waals surface area (Å²) < 4.78 is 0. The predicted molar refractivity (Wildman–Crippen MR) is 106 cm³/mol. The maximum absolute atomic E-state index is 12.6. The van der Waals surface area contributed by atoms with Crippen molar-refractivity contribution >= 4 is 23.2 Å². The second kappa shape index (κ2) is 7.35. The van der Waals surface area contributed by atoms with E-state index in [0.29, 0.717) is 40.9 Å². The fourth-order valence-corrected chi connectivity index (χ4v) is 3.63. The molecule has 0 amide bonds. The Morgan fingerprint density at radius 3 is 2.67 bits per heavy atom. The number of aromatic nitrogens is 2. The molecule has 0 fully saturated rings. The fraction of sp³-hybridized carbons (Fsp3) is 0.200. The van der Waals surface area contributed by atoms with Crippen molar-refractivity contribution in [1.29, 1.82) is 0 Å². The van der Waals surface area contributed by atoms with Crippen molar-refractivity contribution in [2.75, 3.05) is 6.54 Å². The first-order valence-corrected chi connectivity index (χ1v) is 9.33. The highest BCUT2D eigenvalue weighted by Crippen LogP contribution is 2.25. The number of benzene rings is 2. The largest absolute Gasteiger partial charge is 0.508 e. The van der Waals surface area contributed by atoms with Gasteiger partial charge in [0.2, 0.25) is 0 Å². The normalized spacial score (nSPS) is 14.1. The molecule has 1 aliphatic rings. The third-order valence-electron chi connectivity index (χ3n) is 4.70. The second-order valence-corrected chi connectivity index (χ2v) is 7.43. The molecule has 0 bridgehead atoms. The first-order chi connectivity index (χ1) is 13.0. The van der Waals surface area contributed by atoms with E-state index in [0.717, 1.165) is 23.4 Å². The molecule has 0 unspecified atom stereocenters. The zero-order valence-electron chi connectivity index (χ0n) is 14.4. The van der Waals surface area contributed by atoms with Crippen molar-refractivity contribution < 1.29 is 5.11 Å². The minimum atomic E-state index is -0.119. The van der Waals surface area contributed by atoms with Gasteiger partial charge in [-0.1, -0.05) is 29.3 Å². The molecule has 138 valence electrons. The lowest BCUT2D eigenvalue weighted by Crippen LogP contribution is -2.35. The van der Waals surface area contributed by atoms with E-state index in [-0.39, 0.29) is 11.3 Å². The number of halogens is 2. The van der Waals surface area contributed by atoms with Crippen LogP contribution in [0.4, 0.5) is 0 Å². The van der Waals surface area contributed by atoms with E-state index in [1.807, 2.05) is 12.1 Å². The lowest BCUT2D eigenvalue weighted by atomic mass is 10.1. The quantitative estimate of drug-likeness (QED) is 0.695. The molecule has 0 atom stereocenters. The molecular weight excluding hydrogens is 385 g/mol. The minimum absolute atomic E-state index is 0.119. The number of nitrogens with one attached hydrogen (secondary N) is 1. The van der Waals surface area contributed by atoms with E-state index in [9.17, 15) is 9.90 Å². The Balaban J connectivity index is 1.58. The maximum atomic E-state index is 12.6. The van der Waals surface area contributed by atoms with Crippen molar-refractivity contribution in [2.24, 2.45) is 0 Å². The van der Waals surface area contributed by atoms with E-state index in [4.69, 9.17) is 23.2 Å². The molecule has 5 nitrogen and oxygen atoms in total. The van der Waals surface area contributed by atoms with Crippen molar-refractivity contribution in [3.05, 3.63) is 79.7 Å². The van der Waals surface area contributed by atoms with Crippen LogP contribution in [0, 0.1) is 0 Å². The molecule has 4 rings (SSSR count). The van der Waals surface area contributed by atoms with Gasteiger partial charge in [0.25, 0.3) is 5.56 Å². The van der Waals surface area contributed by atoms with E-state index < -0.39 is 0 Å². The summed E-state index contributed by atoms with van der Waals surface area (Å²) in [6.07, 6.45) is 0.690. The molecular formula is C20H17Cl2N3O2. The van der Waals surface area contributed by atoms with Crippen LogP contribution in [-0.4, -0.2) is 26.5 Å². The van der Waals surface area contributed by atoms with Crippen LogP contribution in [0.15, 0.2) is 47.3 Å². The summed E-state index contributed by atoms with van der Waals surface area (Å²) in [7, 11) is 0. The van der Waals surface area contributed by atoms with Gasteiger partial charge in [-0.3, -0.25) is 9.69 Å². The average molecular weight is 402 g/mol. The Bertz CT molecular complexity index is 1050. The average Bonchev–Trinajstić information content (AvgIpc) is 2.65. The monoisotopic (exact) mass is 401 g/mol. The molecule has 0 saturated heterocycles. The molecule has 0 saturated carbocycles. The number of hydrogen-bond donors (Lipinski definition) is 2. The third-order valence-corrected chi connectivity index (χ3v) is 5.30. The number of phenolic OH excluding ortho intramolecular Hbond substituents is 1. The van der Waals surface area contributed by atoms with Crippen LogP contribution in [0.1, 0.15) is 16.8 Å². The smallest absolute Gasteiger partial charge is 0.255 e. The van der Waals surface area contributed by atoms with Gasteiger partial charge in [-0.05, 0) is 42.0 Å². The lowest BCUT2D eigenvalue weighted by molar-refractivity contribution is 0.242. The number of aromatic hydroxyl groups is 1. The number of fused-ring (bicyclic) bond motifs is 1. The van der Waals surface area contributed by atoms with Crippen LogP contribution in [0.25, 0.3) is 11.4 Å². The number of rotatable bonds is 3. The molecule has 1 aromatic heterocycles. The van der Waals surface area contributed by atoms with Gasteiger partial charge in [-0.2, -0.15) is 0 Å². The first kappa shape index (κ1) is 18.0. The van der Waals surface area contributed by atoms with Crippen LogP contribution >= 0.6 is 23.2 Å². The molecule has 2 aromatic carbocycles. The van der Waals surface area contributed by atoms with E-state index >= 15 is 0 Å². The summed E-state index contributed by atoms with van der Waals surface area (Å²) in [5.74, 6) is 0.702. The summed E-state index contributed by atoms with van der Waals surface area (Å²) in [5, 5.41) is 10.6. The Hall–Kier alpha value is -2.34. The molecule has 1 aliphatic heterocycles. The molecule has 0 spiro atoms. The van der Waals surface area contributed by atoms with Crippen molar-refractivity contribution in [3.63, 3.8) is 0 Å². The van der Waals surface area contributed by atoms with E-state index in [2.05, 4.69) is 14.9 Å². The molecule has 2 heterocycles. The SMILES string of the molecule is O=c1[nH]c(-c2ccc(Cl)cc2)nc2c1CN(Cc1ccc(O)cc1Cl)CC2. The summed E-state index contributed by atoms with van der Waals surface area (Å²) >= 11 is 12.1. The van der Waals surface area contributed by atoms with Crippen LogP contribution in [0.5, 0.6) is 5.75 Å². The molecule has 27 heavy (non-hydrogen) atoms. The van der Waals surface area contributed by atoms with E-state index in [1.54, 1.807) is 24.3 Å². The van der Waals surface area contributed by atoms with Crippen LogP contribution < -0.4 is 5.56 Å². The lowest BCUT2D eigenvalue weighted by Gasteiger charge is -2.28. The minimum Gasteiger partial charge on any atom is -0.508 e. The van der Waals surface area contributed by atoms with Gasteiger partial charge in [0.05, 0.1) is 11.3 Å². The summed E-state index contributed by atoms with van der Waals surface area (Å²) in [6, 6.07) is 12.2. The van der Waals surface area contributed by atoms with Gasteiger partial charge in [-0.15, -0.1) is 0 Å². The first-order valence-electron chi connectivity index (χ1n) is 8.57. The zero-order valence-corrected chi connectivity index (χ0v) is 15.9. The third kappa shape index (κ3) is 3.86. The Morgan fingerprint density at radius 2 is 1.93 bits per heavy atom. The van der Waals surface area contributed by atoms with Gasteiger partial charge in [0.1, 0.15) is 11.6 Å². The zero-order chi connectivity index (χ0) is 19.0. The number of nitrogens with zero attached hydrogens (tertiary/aromatic N) is 2. The fourth-order valence-electron chi connectivity index (χ4n) is 3.27. The highest BCUT2D eigenvalue weighted by molar-refractivity contribution is 6.31. The Morgan fingerprint density at radius 1 is 1.15 bits per heavy atom. The van der Waals surface area contributed by atoms with Crippen molar-refractivity contribution in [2.45, 2.75) is 19.5 Å². The molecule has 2 N–H and O–H groups in total. The standard InChI is InChI=1S/C20H17Cl2N3O2/c21-14-4-1-12(2-5-14)19-23-18-7-8-25(11-16(18)20(27)24-19)10-13-3-6-15(26)9-17(13)22/h1-6,9,26H,7-8,10-11H2,(H,23,24,27). The number of aromatic amines is 1. The molecule has 3 aromatic rings. The summed E-state index contributed by atoms with van der Waals surface area (Å²) in [6.45, 7) is 1.90. The van der Waals surface area contributed by atoms with Crippen LogP contribution in [0.2, 0.25) is 10.0 Å². The van der Waals surface area contributed by atoms with Crippen LogP contribution in [0.3, 0.4) is 0 Å². The van der Waals surface area contributed by atoms with Crippen molar-refractivity contribution in [3.8, 4) is 17.1 Å². The highest BCUT2D eigenvalue weighted by Gasteiger charge is 2.22. The van der Waals surface area contributed by atoms with Crippen LogP contribution in [-0.2, 0) is 19.5 Å². The topological polar surface area (TPSA) is 69.2 Å². The number of phenols is 1. The molecule has 7 heteroatoms. The molecule has 0 aliphatic carbocycles. The summed E-state index contributed by atoms with van der Waals surface area (Å²) in [5.41, 5.74) is 3.15. The van der Waals surface area contributed by atoms with E-state index in [1.165, 1.54) is 6.07 Å². The van der Waals surface area contributed by atoms with Gasteiger partial charge < -0.3 is 10.1 Å². The number of H-pyrrole nitrogens is 1. The maximum Gasteiger partial charge on any atom is 0.255 e. The summed E-state index contributed by atoms with van der Waals surface area (Å²) in [4.78, 5) is 22.3. The second-order valence-electron chi connectivity index (χ2n) is 6.58. The Labute approximate surface area is 166 Å². The molecule has 0 radical (unpaired) electrons. The number of hydrogen-bond acceptors (Lipinski definition) is 4. The van der Waals surface area contributed by atoms with Crippen molar-refractivity contribution in [1.82, 2.24) is 14.9 Å². The van der Waals surface area contributed by atoms with Gasteiger partial charge in [0, 0.05) is 41.7 Å². The van der Waals surface area contributed by atoms with Gasteiger partial charge in [-0.25, -0.2) is 4.98 Å². The predicted octanol–water partition coefficient (Wildman–Crippen LogP) is 4.01. The highest BCUT2D eigenvalue weighted by atomic mass is 35.5.